The molecule has 2 atom stereocenters. The van der Waals surface area contributed by atoms with E-state index >= 15 is 0 Å². The first kappa shape index (κ1) is 24.4. The van der Waals surface area contributed by atoms with Gasteiger partial charge in [-0.3, -0.25) is 0 Å². The molecule has 9 nitrogen and oxygen atoms in total. The molecule has 5 rings (SSSR count). The first-order chi connectivity index (χ1) is 17.8. The van der Waals surface area contributed by atoms with E-state index in [-0.39, 0.29) is 35.2 Å². The summed E-state index contributed by atoms with van der Waals surface area (Å²) in [4.78, 5) is 27.1. The highest BCUT2D eigenvalue weighted by atomic mass is 35.5. The van der Waals surface area contributed by atoms with Crippen molar-refractivity contribution < 1.29 is 15.0 Å². The summed E-state index contributed by atoms with van der Waals surface area (Å²) in [5, 5.41) is 33.0. The van der Waals surface area contributed by atoms with Gasteiger partial charge in [-0.25, -0.2) is 19.7 Å². The van der Waals surface area contributed by atoms with Crippen molar-refractivity contribution in [2.75, 3.05) is 16.8 Å². The molecule has 10 heteroatoms. The van der Waals surface area contributed by atoms with Gasteiger partial charge in [0.1, 0.15) is 11.2 Å². The Kier molecular flexibility index (Phi) is 6.38. The number of carbonyl (C=O) groups is 1. The molecule has 3 N–H and O–H groups in total. The van der Waals surface area contributed by atoms with E-state index in [0.717, 1.165) is 22.3 Å². The monoisotopic (exact) mass is 514 g/mol. The summed E-state index contributed by atoms with van der Waals surface area (Å²) in [6.07, 6.45) is 0. The number of carboxylic acid groups (broad SMARTS) is 1. The second-order valence-electron chi connectivity index (χ2n) is 8.96. The molecule has 186 valence electrons. The van der Waals surface area contributed by atoms with Gasteiger partial charge in [0.05, 0.1) is 35.4 Å². The molecule has 37 heavy (non-hydrogen) atoms. The van der Waals surface area contributed by atoms with Crippen molar-refractivity contribution in [3.63, 3.8) is 0 Å². The molecule has 0 radical (unpaired) electrons. The lowest BCUT2D eigenvalue weighted by Gasteiger charge is -2.26. The Bertz CT molecular complexity index is 1580. The Hall–Kier alpha value is -4.26. The van der Waals surface area contributed by atoms with Gasteiger partial charge in [-0.1, -0.05) is 41.9 Å². The van der Waals surface area contributed by atoms with E-state index in [1.807, 2.05) is 55.1 Å². The van der Waals surface area contributed by atoms with E-state index in [1.165, 1.54) is 6.07 Å². The SMILES string of the molecule is Cc1cc([C@@H](C)Nc2ccc(Cl)nc2C(=O)O)c2nc(N3Cc4ccccc4C3CO)c(C#N)nc2c1. The summed E-state index contributed by atoms with van der Waals surface area (Å²) in [5.74, 6) is -0.808. The van der Waals surface area contributed by atoms with E-state index in [4.69, 9.17) is 16.6 Å². The molecular formula is C27H23ClN6O3. The van der Waals surface area contributed by atoms with Crippen LogP contribution in [0.5, 0.6) is 0 Å². The summed E-state index contributed by atoms with van der Waals surface area (Å²) in [5.41, 5.74) is 5.17. The second kappa shape index (κ2) is 9.65. The van der Waals surface area contributed by atoms with Crippen LogP contribution in [-0.2, 0) is 6.54 Å². The Morgan fingerprint density at radius 1 is 1.24 bits per heavy atom. The number of aromatic nitrogens is 3. The number of nitrogens with one attached hydrogen (secondary N) is 1. The van der Waals surface area contributed by atoms with Crippen LogP contribution in [0.4, 0.5) is 11.5 Å². The number of hydrogen-bond donors (Lipinski definition) is 3. The predicted octanol–water partition coefficient (Wildman–Crippen LogP) is 4.78. The number of rotatable bonds is 6. The molecular weight excluding hydrogens is 492 g/mol. The molecule has 1 aliphatic heterocycles. The van der Waals surface area contributed by atoms with Crippen LogP contribution in [0.25, 0.3) is 11.0 Å². The number of pyridine rings is 1. The molecule has 0 spiro atoms. The van der Waals surface area contributed by atoms with Crippen LogP contribution in [0, 0.1) is 18.3 Å². The molecule has 4 aromatic rings. The molecule has 0 saturated heterocycles. The Labute approximate surface area is 218 Å². The zero-order valence-corrected chi connectivity index (χ0v) is 20.9. The van der Waals surface area contributed by atoms with Crippen LogP contribution < -0.4 is 10.2 Å². The molecule has 0 aliphatic carbocycles. The minimum atomic E-state index is -1.20. The highest BCUT2D eigenvalue weighted by Gasteiger charge is 2.33. The van der Waals surface area contributed by atoms with Gasteiger partial charge >= 0.3 is 5.97 Å². The Morgan fingerprint density at radius 3 is 2.76 bits per heavy atom. The lowest BCUT2D eigenvalue weighted by molar-refractivity contribution is 0.0691. The molecule has 2 aromatic heterocycles. The van der Waals surface area contributed by atoms with Crippen molar-refractivity contribution in [1.29, 1.82) is 5.26 Å². The molecule has 3 heterocycles. The van der Waals surface area contributed by atoms with Crippen LogP contribution in [0.1, 0.15) is 57.4 Å². The van der Waals surface area contributed by atoms with Crippen LogP contribution in [-0.4, -0.2) is 37.7 Å². The summed E-state index contributed by atoms with van der Waals surface area (Å²) in [6.45, 7) is 4.16. The Morgan fingerprint density at radius 2 is 2.03 bits per heavy atom. The number of nitriles is 1. The van der Waals surface area contributed by atoms with Gasteiger partial charge in [0.15, 0.2) is 17.2 Å². The third-order valence-electron chi connectivity index (χ3n) is 6.51. The second-order valence-corrected chi connectivity index (χ2v) is 9.34. The molecule has 1 unspecified atom stereocenters. The fourth-order valence-corrected chi connectivity index (χ4v) is 4.99. The summed E-state index contributed by atoms with van der Waals surface area (Å²) >= 11 is 5.91. The maximum absolute atomic E-state index is 11.7. The average Bonchev–Trinajstić information content (AvgIpc) is 3.26. The quantitative estimate of drug-likeness (QED) is 0.310. The van der Waals surface area contributed by atoms with Crippen LogP contribution in [0.2, 0.25) is 5.15 Å². The third-order valence-corrected chi connectivity index (χ3v) is 6.72. The third kappa shape index (κ3) is 4.42. The molecule has 0 saturated carbocycles. The van der Waals surface area contributed by atoms with Crippen molar-refractivity contribution in [2.45, 2.75) is 32.5 Å². The number of aliphatic hydroxyl groups excluding tert-OH is 1. The van der Waals surface area contributed by atoms with Crippen molar-refractivity contribution in [2.24, 2.45) is 0 Å². The predicted molar refractivity (Wildman–Crippen MR) is 140 cm³/mol. The van der Waals surface area contributed by atoms with Crippen LogP contribution in [0.3, 0.4) is 0 Å². The molecule has 1 aliphatic rings. The first-order valence-electron chi connectivity index (χ1n) is 11.6. The maximum Gasteiger partial charge on any atom is 0.356 e. The van der Waals surface area contributed by atoms with E-state index in [1.54, 1.807) is 6.07 Å². The number of aromatic carboxylic acids is 1. The minimum absolute atomic E-state index is 0.0844. The van der Waals surface area contributed by atoms with Crippen LogP contribution in [0.15, 0.2) is 48.5 Å². The highest BCUT2D eigenvalue weighted by Crippen LogP contribution is 2.39. The molecule has 0 bridgehead atoms. The zero-order valence-electron chi connectivity index (χ0n) is 20.1. The fourth-order valence-electron chi connectivity index (χ4n) is 4.84. The van der Waals surface area contributed by atoms with Crippen LogP contribution >= 0.6 is 11.6 Å². The summed E-state index contributed by atoms with van der Waals surface area (Å²) in [6, 6.07) is 16.2. The first-order valence-corrected chi connectivity index (χ1v) is 12.0. The zero-order chi connectivity index (χ0) is 26.3. The average molecular weight is 515 g/mol. The van der Waals surface area contributed by atoms with Gasteiger partial charge in [-0.2, -0.15) is 5.26 Å². The van der Waals surface area contributed by atoms with E-state index < -0.39 is 5.97 Å². The summed E-state index contributed by atoms with van der Waals surface area (Å²) < 4.78 is 0. The number of hydrogen-bond acceptors (Lipinski definition) is 8. The molecule has 0 fully saturated rings. The molecule has 0 amide bonds. The van der Waals surface area contributed by atoms with Gasteiger partial charge in [0.25, 0.3) is 0 Å². The molecule has 2 aromatic carbocycles. The minimum Gasteiger partial charge on any atom is -0.476 e. The van der Waals surface area contributed by atoms with Gasteiger partial charge in [-0.15, -0.1) is 0 Å². The normalized spacial score (nSPS) is 15.3. The van der Waals surface area contributed by atoms with E-state index in [0.29, 0.717) is 29.1 Å². The van der Waals surface area contributed by atoms with Crippen molar-refractivity contribution in [1.82, 2.24) is 15.0 Å². The standard InChI is InChI=1S/C27H23ClN6O3/c1-14-9-18(15(2)30-19-7-8-23(28)32-25(19)27(36)37)24-20(10-14)31-21(11-29)26(33-24)34-12-16-5-3-4-6-17(16)22(34)13-35/h3-10,15,22,30,35H,12-13H2,1-2H3,(H,36,37)/t15-,22?/m1/s1. The lowest BCUT2D eigenvalue weighted by Crippen LogP contribution is -2.26. The number of carboxylic acids is 1. The number of fused-ring (bicyclic) bond motifs is 2. The smallest absolute Gasteiger partial charge is 0.356 e. The topological polar surface area (TPSA) is 135 Å². The fraction of sp³-hybridized carbons (Fsp3) is 0.222. The Balaban J connectivity index is 1.62. The van der Waals surface area contributed by atoms with Gasteiger partial charge in [0.2, 0.25) is 0 Å². The van der Waals surface area contributed by atoms with Crippen molar-refractivity contribution >= 4 is 40.1 Å². The largest absolute Gasteiger partial charge is 0.476 e. The van der Waals surface area contributed by atoms with Gasteiger partial charge in [0, 0.05) is 12.1 Å². The number of aliphatic hydroxyl groups is 1. The maximum atomic E-state index is 11.7. The van der Waals surface area contributed by atoms with Crippen molar-refractivity contribution in [3.8, 4) is 6.07 Å². The van der Waals surface area contributed by atoms with Gasteiger partial charge < -0.3 is 20.4 Å². The number of halogens is 1. The van der Waals surface area contributed by atoms with Gasteiger partial charge in [-0.05, 0) is 48.7 Å². The number of benzene rings is 2. The van der Waals surface area contributed by atoms with Crippen molar-refractivity contribution in [3.05, 3.63) is 87.3 Å². The van der Waals surface area contributed by atoms with E-state index in [2.05, 4.69) is 21.4 Å². The summed E-state index contributed by atoms with van der Waals surface area (Å²) in [7, 11) is 0. The van der Waals surface area contributed by atoms with E-state index in [9.17, 15) is 20.3 Å². The number of nitrogens with zero attached hydrogens (tertiary/aromatic N) is 5. The highest BCUT2D eigenvalue weighted by molar-refractivity contribution is 6.29. The number of aryl methyl sites for hydroxylation is 1. The number of anilines is 2. The lowest BCUT2D eigenvalue weighted by atomic mass is 10.0.